The van der Waals surface area contributed by atoms with E-state index in [1.807, 2.05) is 0 Å². The van der Waals surface area contributed by atoms with Crippen molar-refractivity contribution in [3.8, 4) is 0 Å². The Morgan fingerprint density at radius 3 is 2.78 bits per heavy atom. The summed E-state index contributed by atoms with van der Waals surface area (Å²) in [5, 5.41) is 21.5. The van der Waals surface area contributed by atoms with Gasteiger partial charge in [-0.25, -0.2) is 0 Å². The number of rotatable bonds is 5. The Morgan fingerprint density at radius 1 is 1.56 bits per heavy atom. The second-order valence-electron chi connectivity index (χ2n) is 3.32. The summed E-state index contributed by atoms with van der Waals surface area (Å²) >= 11 is -1.63. The molecule has 0 saturated heterocycles. The van der Waals surface area contributed by atoms with Gasteiger partial charge in [-0.15, -0.1) is 0 Å². The van der Waals surface area contributed by atoms with E-state index < -0.39 is 48.0 Å². The second kappa shape index (κ2) is 6.92. The van der Waals surface area contributed by atoms with Crippen molar-refractivity contribution in [1.29, 1.82) is 0 Å². The van der Waals surface area contributed by atoms with Gasteiger partial charge < -0.3 is 0 Å². The Labute approximate surface area is 113 Å². The Kier molecular flexibility index (Phi) is 5.85. The zero-order valence-corrected chi connectivity index (χ0v) is 11.6. The fourth-order valence-corrected chi connectivity index (χ4v) is 2.59. The van der Waals surface area contributed by atoms with Crippen LogP contribution in [-0.2, 0) is 0 Å². The average Bonchev–Trinajstić information content (AvgIpc) is 2.30. The summed E-state index contributed by atoms with van der Waals surface area (Å²) in [6.45, 7) is 2.11. The van der Waals surface area contributed by atoms with Crippen molar-refractivity contribution in [3.05, 3.63) is 38.1 Å². The minimum atomic E-state index is -1.63. The molecule has 0 aliphatic heterocycles. The van der Waals surface area contributed by atoms with E-state index in [0.717, 1.165) is 12.1 Å². The van der Waals surface area contributed by atoms with Gasteiger partial charge in [-0.05, 0) is 0 Å². The van der Waals surface area contributed by atoms with Gasteiger partial charge in [0.05, 0.1) is 0 Å². The number of benzene rings is 1. The summed E-state index contributed by atoms with van der Waals surface area (Å²) in [7, 11) is 0. The molecular weight excluding hydrogens is 361 g/mol. The quantitative estimate of drug-likeness (QED) is 0.224. The molecule has 0 radical (unpaired) electrons. The SMILES string of the molecule is CCCNC(=O)c1c(F)ccc([I-][NH+]([O-])O)c1F. The second-order valence-corrected chi connectivity index (χ2v) is 5.95. The van der Waals surface area contributed by atoms with Gasteiger partial charge in [0.2, 0.25) is 0 Å². The molecule has 0 aromatic heterocycles. The molecule has 102 valence electrons. The summed E-state index contributed by atoms with van der Waals surface area (Å²) < 4.78 is 26.0. The molecule has 5 nitrogen and oxygen atoms in total. The van der Waals surface area contributed by atoms with Crippen LogP contribution in [0.2, 0.25) is 0 Å². The van der Waals surface area contributed by atoms with Gasteiger partial charge >= 0.3 is 113 Å². The Bertz CT molecular complexity index is 443. The fraction of sp³-hybridized carbons (Fsp3) is 0.300. The van der Waals surface area contributed by atoms with E-state index in [-0.39, 0.29) is 3.57 Å². The van der Waals surface area contributed by atoms with Crippen molar-refractivity contribution >= 4 is 5.91 Å². The van der Waals surface area contributed by atoms with Gasteiger partial charge in [0.15, 0.2) is 0 Å². The summed E-state index contributed by atoms with van der Waals surface area (Å²) in [5.74, 6) is -2.92. The summed E-state index contributed by atoms with van der Waals surface area (Å²) in [5.41, 5.74) is -0.707. The standard InChI is InChI=1S/C10H12F2IN2O3/c1-2-5-14-10(16)8-6(11)3-4-7(9(8)12)13-15(17)18/h3-4,15,17H,2,5H2,1H3,(H,14,16)/q-1. The maximum absolute atomic E-state index is 13.8. The summed E-state index contributed by atoms with van der Waals surface area (Å²) in [4.78, 5) is 11.6. The number of carbonyl (C=O) groups excluding carboxylic acids is 1. The Hall–Kier alpha value is -0.840. The molecule has 0 spiro atoms. The summed E-state index contributed by atoms with van der Waals surface area (Å²) in [6, 6.07) is 1.99. The number of quaternary nitrogens is 1. The summed E-state index contributed by atoms with van der Waals surface area (Å²) in [6.07, 6.45) is 0.636. The topological polar surface area (TPSA) is 76.8 Å². The van der Waals surface area contributed by atoms with E-state index in [1.165, 1.54) is 0 Å². The molecule has 3 N–H and O–H groups in total. The molecule has 0 saturated carbocycles. The molecule has 1 aromatic rings. The normalized spacial score (nSPS) is 12.5. The Morgan fingerprint density at radius 2 is 2.22 bits per heavy atom. The van der Waals surface area contributed by atoms with E-state index in [0.29, 0.717) is 13.0 Å². The minimum absolute atomic E-state index is 0.107. The van der Waals surface area contributed by atoms with Crippen LogP contribution in [0.4, 0.5) is 8.78 Å². The van der Waals surface area contributed by atoms with Crippen molar-refractivity contribution in [2.75, 3.05) is 6.54 Å². The van der Waals surface area contributed by atoms with E-state index >= 15 is 0 Å². The first kappa shape index (κ1) is 15.2. The Balaban J connectivity index is 3.05. The molecule has 1 aromatic carbocycles. The molecule has 8 heteroatoms. The first-order valence-corrected chi connectivity index (χ1v) is 7.27. The third kappa shape index (κ3) is 3.83. The maximum atomic E-state index is 13.8. The monoisotopic (exact) mass is 373 g/mol. The van der Waals surface area contributed by atoms with Gasteiger partial charge in [-0.1, -0.05) is 0 Å². The molecule has 18 heavy (non-hydrogen) atoms. The number of hydrogen-bond donors (Lipinski definition) is 3. The molecule has 0 fully saturated rings. The van der Waals surface area contributed by atoms with Crippen molar-refractivity contribution in [1.82, 2.24) is 5.32 Å². The van der Waals surface area contributed by atoms with Crippen LogP contribution in [-0.4, -0.2) is 17.7 Å². The molecule has 0 aliphatic rings. The van der Waals surface area contributed by atoms with E-state index in [2.05, 4.69) is 5.32 Å². The van der Waals surface area contributed by atoms with E-state index in [1.54, 1.807) is 6.92 Å². The van der Waals surface area contributed by atoms with Crippen molar-refractivity contribution in [2.45, 2.75) is 13.3 Å². The van der Waals surface area contributed by atoms with Crippen LogP contribution in [0.15, 0.2) is 12.1 Å². The fourth-order valence-electron chi connectivity index (χ4n) is 1.22. The third-order valence-electron chi connectivity index (χ3n) is 1.99. The predicted octanol–water partition coefficient (Wildman–Crippen LogP) is -2.95. The van der Waals surface area contributed by atoms with E-state index in [4.69, 9.17) is 5.21 Å². The molecule has 1 rings (SSSR count). The number of amides is 1. The van der Waals surface area contributed by atoms with Gasteiger partial charge in [0.25, 0.3) is 0 Å². The van der Waals surface area contributed by atoms with Gasteiger partial charge in [0.1, 0.15) is 0 Å². The van der Waals surface area contributed by atoms with Crippen LogP contribution in [0.25, 0.3) is 0 Å². The zero-order valence-electron chi connectivity index (χ0n) is 9.47. The zero-order chi connectivity index (χ0) is 13.7. The first-order chi connectivity index (χ1) is 8.47. The number of halogens is 3. The van der Waals surface area contributed by atoms with Crippen LogP contribution in [0.1, 0.15) is 23.7 Å². The molecule has 0 aliphatic carbocycles. The van der Waals surface area contributed by atoms with Crippen molar-refractivity contribution in [3.63, 3.8) is 0 Å². The molecule has 1 unspecified atom stereocenters. The first-order valence-electron chi connectivity index (χ1n) is 5.11. The molecule has 0 heterocycles. The molecule has 0 bridgehead atoms. The molecular formula is C10H12F2IN2O3-. The van der Waals surface area contributed by atoms with Gasteiger partial charge in [0, 0.05) is 0 Å². The number of nitrogens with one attached hydrogen (secondary N) is 2. The van der Waals surface area contributed by atoms with Crippen LogP contribution < -0.4 is 30.2 Å². The third-order valence-corrected chi connectivity index (χ3v) is 3.86. The molecule has 1 atom stereocenters. The number of carbonyl (C=O) groups is 1. The molecule has 1 amide bonds. The predicted molar refractivity (Wildman–Crippen MR) is 53.8 cm³/mol. The van der Waals surface area contributed by atoms with Crippen LogP contribution >= 0.6 is 0 Å². The van der Waals surface area contributed by atoms with Crippen LogP contribution in [0, 0.1) is 20.4 Å². The van der Waals surface area contributed by atoms with Crippen LogP contribution in [0.5, 0.6) is 0 Å². The van der Waals surface area contributed by atoms with Crippen LogP contribution in [0.3, 0.4) is 0 Å². The average molecular weight is 373 g/mol. The van der Waals surface area contributed by atoms with E-state index in [9.17, 15) is 18.8 Å². The number of hydrogen-bond acceptors (Lipinski definition) is 3. The van der Waals surface area contributed by atoms with Crippen molar-refractivity contribution < 1.29 is 43.7 Å². The van der Waals surface area contributed by atoms with Gasteiger partial charge in [-0.3, -0.25) is 0 Å². The van der Waals surface area contributed by atoms with Gasteiger partial charge in [-0.2, -0.15) is 0 Å². The van der Waals surface area contributed by atoms with Crippen molar-refractivity contribution in [2.24, 2.45) is 0 Å².